The molecule has 1 fully saturated rings. The molecule has 34 heavy (non-hydrogen) atoms. The number of rotatable bonds is 6. The van der Waals surface area contributed by atoms with Gasteiger partial charge in [-0.2, -0.15) is 0 Å². The van der Waals surface area contributed by atoms with Crippen molar-refractivity contribution in [1.82, 2.24) is 4.90 Å². The largest absolute Gasteiger partial charge is 0.507 e. The monoisotopic (exact) mass is 463 g/mol. The van der Waals surface area contributed by atoms with E-state index in [1.807, 2.05) is 43.3 Å². The molecule has 6 heteroatoms. The maximum absolute atomic E-state index is 13.2. The predicted octanol–water partition coefficient (Wildman–Crippen LogP) is 4.77. The molecule has 2 aliphatic heterocycles. The first-order chi connectivity index (χ1) is 16.1. The lowest BCUT2D eigenvalue weighted by molar-refractivity contribution is -0.140. The third-order valence-electron chi connectivity index (χ3n) is 6.55. The molecule has 0 radical (unpaired) electrons. The number of amides is 1. The Morgan fingerprint density at radius 1 is 1.15 bits per heavy atom. The summed E-state index contributed by atoms with van der Waals surface area (Å²) in [5.41, 5.74) is 3.55. The Kier molecular flexibility index (Phi) is 6.54. The number of benzene rings is 2. The van der Waals surface area contributed by atoms with E-state index in [9.17, 15) is 14.7 Å². The molecule has 2 unspecified atom stereocenters. The van der Waals surface area contributed by atoms with Crippen LogP contribution in [-0.2, 0) is 26.2 Å². The summed E-state index contributed by atoms with van der Waals surface area (Å²) in [7, 11) is 1.61. The number of hydrogen-bond acceptors (Lipinski definition) is 5. The van der Waals surface area contributed by atoms with Gasteiger partial charge in [0.15, 0.2) is 0 Å². The van der Waals surface area contributed by atoms with Gasteiger partial charge in [0.2, 0.25) is 0 Å². The SMILES string of the molecule is COCCCN1C(=O)C(=O)C(=C(O)c2ccc3c(c2)CC(C)O3)C1c1ccc(C(C)(C)C)cc1. The average molecular weight is 464 g/mol. The molecule has 2 aromatic carbocycles. The number of aliphatic hydroxyl groups excluding tert-OH is 1. The van der Waals surface area contributed by atoms with E-state index in [1.165, 1.54) is 0 Å². The van der Waals surface area contributed by atoms with Gasteiger partial charge in [0.05, 0.1) is 11.6 Å². The van der Waals surface area contributed by atoms with E-state index in [4.69, 9.17) is 9.47 Å². The lowest BCUT2D eigenvalue weighted by Crippen LogP contribution is -2.31. The van der Waals surface area contributed by atoms with Crippen LogP contribution in [0.5, 0.6) is 5.75 Å². The number of likely N-dealkylation sites (tertiary alicyclic amines) is 1. The molecule has 1 amide bonds. The summed E-state index contributed by atoms with van der Waals surface area (Å²) in [5, 5.41) is 11.3. The van der Waals surface area contributed by atoms with Crippen LogP contribution in [-0.4, -0.2) is 48.1 Å². The zero-order valence-corrected chi connectivity index (χ0v) is 20.6. The van der Waals surface area contributed by atoms with Gasteiger partial charge in [-0.25, -0.2) is 0 Å². The molecule has 1 N–H and O–H groups in total. The number of hydrogen-bond donors (Lipinski definition) is 1. The van der Waals surface area contributed by atoms with Gasteiger partial charge < -0.3 is 19.5 Å². The van der Waals surface area contributed by atoms with Gasteiger partial charge in [-0.1, -0.05) is 45.0 Å². The fourth-order valence-electron chi connectivity index (χ4n) is 4.73. The number of nitrogens with zero attached hydrogens (tertiary/aromatic N) is 1. The highest BCUT2D eigenvalue weighted by molar-refractivity contribution is 6.46. The standard InChI is InChI=1S/C28H33NO5/c1-17-15-20-16-19(9-12-22(20)34-17)25(30)23-24(18-7-10-21(11-8-18)28(2,3)4)29(13-6-14-33-5)27(32)26(23)31/h7-12,16-17,24,30H,6,13-15H2,1-5H3. The van der Waals surface area contributed by atoms with Crippen LogP contribution in [0.1, 0.15) is 62.4 Å². The molecular weight excluding hydrogens is 430 g/mol. The molecule has 180 valence electrons. The second kappa shape index (κ2) is 9.26. The van der Waals surface area contributed by atoms with E-state index in [1.54, 1.807) is 18.1 Å². The first kappa shape index (κ1) is 24.0. The van der Waals surface area contributed by atoms with Crippen LogP contribution in [0.15, 0.2) is 48.0 Å². The van der Waals surface area contributed by atoms with Gasteiger partial charge in [-0.3, -0.25) is 9.59 Å². The second-order valence-electron chi connectivity index (χ2n) is 10.2. The first-order valence-corrected chi connectivity index (χ1v) is 11.8. The van der Waals surface area contributed by atoms with Crippen molar-refractivity contribution in [3.63, 3.8) is 0 Å². The van der Waals surface area contributed by atoms with Crippen molar-refractivity contribution in [2.24, 2.45) is 0 Å². The molecular formula is C28H33NO5. The third kappa shape index (κ3) is 4.47. The van der Waals surface area contributed by atoms with Crippen LogP contribution in [0, 0.1) is 0 Å². The second-order valence-corrected chi connectivity index (χ2v) is 10.2. The molecule has 6 nitrogen and oxygen atoms in total. The highest BCUT2D eigenvalue weighted by Crippen LogP contribution is 2.41. The van der Waals surface area contributed by atoms with Gasteiger partial charge in [0.1, 0.15) is 17.6 Å². The van der Waals surface area contributed by atoms with E-state index >= 15 is 0 Å². The minimum absolute atomic E-state index is 0.0254. The van der Waals surface area contributed by atoms with Crippen LogP contribution in [0.3, 0.4) is 0 Å². The van der Waals surface area contributed by atoms with E-state index in [0.29, 0.717) is 25.1 Å². The van der Waals surface area contributed by atoms with Crippen molar-refractivity contribution in [3.8, 4) is 5.75 Å². The van der Waals surface area contributed by atoms with Gasteiger partial charge >= 0.3 is 0 Å². The van der Waals surface area contributed by atoms with Crippen molar-refractivity contribution in [2.75, 3.05) is 20.3 Å². The molecule has 0 spiro atoms. The van der Waals surface area contributed by atoms with Crippen LogP contribution in [0.25, 0.3) is 5.76 Å². The lowest BCUT2D eigenvalue weighted by atomic mass is 9.85. The molecule has 4 rings (SSSR count). The number of aliphatic hydroxyl groups is 1. The van der Waals surface area contributed by atoms with Crippen molar-refractivity contribution in [2.45, 2.75) is 58.1 Å². The molecule has 2 aromatic rings. The number of carbonyl (C=O) groups is 2. The highest BCUT2D eigenvalue weighted by Gasteiger charge is 2.46. The van der Waals surface area contributed by atoms with E-state index in [-0.39, 0.29) is 22.9 Å². The zero-order chi connectivity index (χ0) is 24.6. The summed E-state index contributed by atoms with van der Waals surface area (Å²) in [4.78, 5) is 27.8. The highest BCUT2D eigenvalue weighted by atomic mass is 16.5. The maximum atomic E-state index is 13.2. The minimum atomic E-state index is -0.662. The van der Waals surface area contributed by atoms with E-state index in [0.717, 1.165) is 28.9 Å². The zero-order valence-electron chi connectivity index (χ0n) is 20.6. The predicted molar refractivity (Wildman–Crippen MR) is 131 cm³/mol. The molecule has 0 aliphatic carbocycles. The summed E-state index contributed by atoms with van der Waals surface area (Å²) in [5.74, 6) is -0.621. The molecule has 0 aromatic heterocycles. The molecule has 2 atom stereocenters. The Bertz CT molecular complexity index is 1130. The minimum Gasteiger partial charge on any atom is -0.507 e. The van der Waals surface area contributed by atoms with Crippen molar-refractivity contribution in [3.05, 3.63) is 70.3 Å². The van der Waals surface area contributed by atoms with Gasteiger partial charge in [0.25, 0.3) is 11.7 Å². The van der Waals surface area contributed by atoms with Crippen LogP contribution in [0.4, 0.5) is 0 Å². The summed E-state index contributed by atoms with van der Waals surface area (Å²) in [6.45, 7) is 9.23. The summed E-state index contributed by atoms with van der Waals surface area (Å²) in [6, 6.07) is 12.7. The Balaban J connectivity index is 1.79. The number of ketones is 1. The molecule has 2 aliphatic rings. The Morgan fingerprint density at radius 2 is 1.85 bits per heavy atom. The maximum Gasteiger partial charge on any atom is 0.295 e. The molecule has 0 bridgehead atoms. The molecule has 2 heterocycles. The quantitative estimate of drug-likeness (QED) is 0.289. The number of carbonyl (C=O) groups excluding carboxylic acids is 2. The van der Waals surface area contributed by atoms with Crippen LogP contribution >= 0.6 is 0 Å². The number of methoxy groups -OCH3 is 1. The van der Waals surface area contributed by atoms with Crippen molar-refractivity contribution < 1.29 is 24.2 Å². The van der Waals surface area contributed by atoms with Gasteiger partial charge in [-0.05, 0) is 53.6 Å². The summed E-state index contributed by atoms with van der Waals surface area (Å²) < 4.78 is 10.9. The summed E-state index contributed by atoms with van der Waals surface area (Å²) in [6.07, 6.45) is 1.40. The van der Waals surface area contributed by atoms with Crippen molar-refractivity contribution in [1.29, 1.82) is 0 Å². The summed E-state index contributed by atoms with van der Waals surface area (Å²) >= 11 is 0. The first-order valence-electron chi connectivity index (χ1n) is 11.8. The number of fused-ring (bicyclic) bond motifs is 1. The fourth-order valence-corrected chi connectivity index (χ4v) is 4.73. The lowest BCUT2D eigenvalue weighted by Gasteiger charge is -2.26. The average Bonchev–Trinajstić information content (AvgIpc) is 3.29. The topological polar surface area (TPSA) is 76.1 Å². The Labute approximate surface area is 201 Å². The van der Waals surface area contributed by atoms with Gasteiger partial charge in [-0.15, -0.1) is 0 Å². The van der Waals surface area contributed by atoms with E-state index < -0.39 is 17.7 Å². The third-order valence-corrected chi connectivity index (χ3v) is 6.55. The smallest absolute Gasteiger partial charge is 0.295 e. The van der Waals surface area contributed by atoms with E-state index in [2.05, 4.69) is 20.8 Å². The van der Waals surface area contributed by atoms with Crippen molar-refractivity contribution >= 4 is 17.4 Å². The Hall–Kier alpha value is -3.12. The van der Waals surface area contributed by atoms with Gasteiger partial charge in [0, 0.05) is 32.2 Å². The number of ether oxygens (including phenoxy) is 2. The normalized spacial score (nSPS) is 21.6. The number of Topliss-reactive ketones (excluding diaryl/α,β-unsaturated/α-hetero) is 1. The molecule has 1 saturated heterocycles. The fraction of sp³-hybridized carbons (Fsp3) is 0.429. The molecule has 0 saturated carbocycles. The van der Waals surface area contributed by atoms with Crippen LogP contribution in [0.2, 0.25) is 0 Å². The Morgan fingerprint density at radius 3 is 2.50 bits per heavy atom. The van der Waals surface area contributed by atoms with Crippen LogP contribution < -0.4 is 4.74 Å².